The van der Waals surface area contributed by atoms with Crippen LogP contribution in [-0.2, 0) is 11.3 Å². The van der Waals surface area contributed by atoms with Gasteiger partial charge in [-0.3, -0.25) is 4.90 Å². The van der Waals surface area contributed by atoms with Crippen LogP contribution in [0.25, 0.3) is 0 Å². The number of amides is 1. The van der Waals surface area contributed by atoms with Gasteiger partial charge >= 0.3 is 6.09 Å². The van der Waals surface area contributed by atoms with Crippen molar-refractivity contribution in [1.29, 1.82) is 0 Å². The zero-order chi connectivity index (χ0) is 15.9. The van der Waals surface area contributed by atoms with Gasteiger partial charge < -0.3 is 9.64 Å². The largest absolute Gasteiger partial charge is 0.445 e. The maximum atomic E-state index is 12.3. The number of hydrogen-bond acceptors (Lipinski definition) is 3. The fraction of sp³-hybridized carbons (Fsp3) is 0.526. The Morgan fingerprint density at radius 1 is 1.13 bits per heavy atom. The first-order chi connectivity index (χ1) is 11.3. The molecular weight excluding hydrogens is 288 g/mol. The number of rotatable bonds is 5. The number of ether oxygens (including phenoxy) is 1. The lowest BCUT2D eigenvalue weighted by Gasteiger charge is -2.22. The molecule has 4 heteroatoms. The van der Waals surface area contributed by atoms with Crippen LogP contribution < -0.4 is 0 Å². The quantitative estimate of drug-likeness (QED) is 0.781. The van der Waals surface area contributed by atoms with Crippen LogP contribution in [0, 0.1) is 0 Å². The molecule has 0 aromatic heterocycles. The fourth-order valence-electron chi connectivity index (χ4n) is 3.35. The Morgan fingerprint density at radius 2 is 1.91 bits per heavy atom. The molecule has 124 valence electrons. The van der Waals surface area contributed by atoms with Crippen LogP contribution in [0.1, 0.15) is 31.2 Å². The van der Waals surface area contributed by atoms with E-state index in [9.17, 15) is 4.79 Å². The van der Waals surface area contributed by atoms with Crippen LogP contribution >= 0.6 is 0 Å². The first-order valence-corrected chi connectivity index (χ1v) is 8.69. The van der Waals surface area contributed by atoms with Crippen molar-refractivity contribution in [3.63, 3.8) is 0 Å². The number of likely N-dealkylation sites (tertiary alicyclic amines) is 2. The molecule has 4 nitrogen and oxygen atoms in total. The lowest BCUT2D eigenvalue weighted by atomic mass is 10.2. The van der Waals surface area contributed by atoms with E-state index in [1.165, 1.54) is 25.9 Å². The van der Waals surface area contributed by atoms with Gasteiger partial charge in [0.2, 0.25) is 0 Å². The topological polar surface area (TPSA) is 32.8 Å². The van der Waals surface area contributed by atoms with E-state index in [2.05, 4.69) is 17.1 Å². The Hall–Kier alpha value is -1.81. The fourth-order valence-corrected chi connectivity index (χ4v) is 3.35. The zero-order valence-electron chi connectivity index (χ0n) is 13.7. The van der Waals surface area contributed by atoms with E-state index in [1.807, 2.05) is 35.2 Å². The van der Waals surface area contributed by atoms with Gasteiger partial charge in [0, 0.05) is 13.1 Å². The maximum Gasteiger partial charge on any atom is 0.410 e. The second-order valence-electron chi connectivity index (χ2n) is 6.38. The zero-order valence-corrected chi connectivity index (χ0v) is 13.7. The summed E-state index contributed by atoms with van der Waals surface area (Å²) in [6.45, 7) is 4.56. The molecule has 0 spiro atoms. The summed E-state index contributed by atoms with van der Waals surface area (Å²) in [5.74, 6) is 0. The summed E-state index contributed by atoms with van der Waals surface area (Å²) < 4.78 is 5.46. The summed E-state index contributed by atoms with van der Waals surface area (Å²) in [5.41, 5.74) is 1.03. The van der Waals surface area contributed by atoms with E-state index in [0.717, 1.165) is 31.5 Å². The van der Waals surface area contributed by atoms with Crippen molar-refractivity contribution in [2.24, 2.45) is 0 Å². The molecule has 1 aromatic carbocycles. The second-order valence-corrected chi connectivity index (χ2v) is 6.38. The molecular formula is C19H26N2O2. The highest BCUT2D eigenvalue weighted by Crippen LogP contribution is 2.20. The van der Waals surface area contributed by atoms with E-state index in [0.29, 0.717) is 6.61 Å². The SMILES string of the molecule is O=C(OCc1ccccc1)N1CCC[C@H]1/C=C/CN1CCCC1. The van der Waals surface area contributed by atoms with Gasteiger partial charge in [-0.05, 0) is 44.3 Å². The average molecular weight is 314 g/mol. The van der Waals surface area contributed by atoms with Gasteiger partial charge in [-0.1, -0.05) is 42.5 Å². The minimum absolute atomic E-state index is 0.192. The first-order valence-electron chi connectivity index (χ1n) is 8.69. The predicted octanol–water partition coefficient (Wildman–Crippen LogP) is 3.44. The van der Waals surface area contributed by atoms with Gasteiger partial charge in [0.05, 0.1) is 6.04 Å². The third-order valence-electron chi connectivity index (χ3n) is 4.66. The Balaban J connectivity index is 1.47. The minimum Gasteiger partial charge on any atom is -0.445 e. The van der Waals surface area contributed by atoms with Gasteiger partial charge in [-0.15, -0.1) is 0 Å². The van der Waals surface area contributed by atoms with Crippen molar-refractivity contribution in [3.8, 4) is 0 Å². The number of carbonyl (C=O) groups excluding carboxylic acids is 1. The van der Waals surface area contributed by atoms with Crippen LogP contribution in [0.5, 0.6) is 0 Å². The normalized spacial score (nSPS) is 22.1. The minimum atomic E-state index is -0.192. The number of benzene rings is 1. The van der Waals surface area contributed by atoms with E-state index in [1.54, 1.807) is 0 Å². The first kappa shape index (κ1) is 16.1. The molecule has 0 aliphatic carbocycles. The number of carbonyl (C=O) groups is 1. The summed E-state index contributed by atoms with van der Waals surface area (Å²) >= 11 is 0. The predicted molar refractivity (Wildman–Crippen MR) is 91.2 cm³/mol. The molecule has 2 heterocycles. The summed E-state index contributed by atoms with van der Waals surface area (Å²) in [6.07, 6.45) is 8.94. The van der Waals surface area contributed by atoms with Gasteiger partial charge in [0.15, 0.2) is 0 Å². The summed E-state index contributed by atoms with van der Waals surface area (Å²) in [6, 6.07) is 10.0. The van der Waals surface area contributed by atoms with Crippen molar-refractivity contribution >= 4 is 6.09 Å². The second kappa shape index (κ2) is 8.16. The molecule has 1 aromatic rings. The lowest BCUT2D eigenvalue weighted by Crippen LogP contribution is -2.35. The molecule has 0 unspecified atom stereocenters. The molecule has 0 radical (unpaired) electrons. The van der Waals surface area contributed by atoms with Crippen LogP contribution in [0.3, 0.4) is 0 Å². The van der Waals surface area contributed by atoms with Crippen LogP contribution in [0.2, 0.25) is 0 Å². The molecule has 2 aliphatic rings. The monoisotopic (exact) mass is 314 g/mol. The molecule has 1 amide bonds. The maximum absolute atomic E-state index is 12.3. The van der Waals surface area contributed by atoms with Crippen LogP contribution in [-0.4, -0.2) is 48.1 Å². The van der Waals surface area contributed by atoms with Crippen molar-refractivity contribution in [2.45, 2.75) is 38.3 Å². The Bertz CT molecular complexity index is 523. The highest BCUT2D eigenvalue weighted by molar-refractivity contribution is 5.68. The molecule has 3 rings (SSSR count). The summed E-state index contributed by atoms with van der Waals surface area (Å²) in [4.78, 5) is 16.6. The molecule has 0 bridgehead atoms. The van der Waals surface area contributed by atoms with Gasteiger partial charge in [-0.2, -0.15) is 0 Å². The van der Waals surface area contributed by atoms with Crippen molar-refractivity contribution in [1.82, 2.24) is 9.80 Å². The highest BCUT2D eigenvalue weighted by atomic mass is 16.6. The summed E-state index contributed by atoms with van der Waals surface area (Å²) in [5, 5.41) is 0. The van der Waals surface area contributed by atoms with Crippen molar-refractivity contribution < 1.29 is 9.53 Å². The molecule has 1 atom stereocenters. The Labute approximate surface area is 138 Å². The molecule has 2 saturated heterocycles. The van der Waals surface area contributed by atoms with Crippen molar-refractivity contribution in [2.75, 3.05) is 26.2 Å². The van der Waals surface area contributed by atoms with Crippen LogP contribution in [0.15, 0.2) is 42.5 Å². The van der Waals surface area contributed by atoms with Crippen molar-refractivity contribution in [3.05, 3.63) is 48.0 Å². The summed E-state index contributed by atoms with van der Waals surface area (Å²) in [7, 11) is 0. The molecule has 2 fully saturated rings. The molecule has 0 saturated carbocycles. The standard InChI is InChI=1S/C19H26N2O2/c22-19(23-16-17-8-2-1-3-9-17)21-15-7-11-18(21)10-6-14-20-12-4-5-13-20/h1-3,6,8-10,18H,4-5,7,11-16H2/b10-6+/t18-/m1/s1. The number of hydrogen-bond donors (Lipinski definition) is 0. The van der Waals surface area contributed by atoms with Gasteiger partial charge in [0.25, 0.3) is 0 Å². The average Bonchev–Trinajstić information content (AvgIpc) is 3.25. The lowest BCUT2D eigenvalue weighted by molar-refractivity contribution is 0.0974. The molecule has 23 heavy (non-hydrogen) atoms. The van der Waals surface area contributed by atoms with Gasteiger partial charge in [0.1, 0.15) is 6.61 Å². The molecule has 0 N–H and O–H groups in total. The van der Waals surface area contributed by atoms with E-state index < -0.39 is 0 Å². The van der Waals surface area contributed by atoms with Crippen LogP contribution in [0.4, 0.5) is 4.79 Å². The smallest absolute Gasteiger partial charge is 0.410 e. The number of nitrogens with zero attached hydrogens (tertiary/aromatic N) is 2. The highest BCUT2D eigenvalue weighted by Gasteiger charge is 2.27. The molecule has 2 aliphatic heterocycles. The van der Waals surface area contributed by atoms with E-state index >= 15 is 0 Å². The van der Waals surface area contributed by atoms with E-state index in [-0.39, 0.29) is 12.1 Å². The van der Waals surface area contributed by atoms with E-state index in [4.69, 9.17) is 4.74 Å². The third kappa shape index (κ3) is 4.58. The van der Waals surface area contributed by atoms with Gasteiger partial charge in [-0.25, -0.2) is 4.79 Å². The Morgan fingerprint density at radius 3 is 2.70 bits per heavy atom. The Kier molecular flexibility index (Phi) is 5.70. The third-order valence-corrected chi connectivity index (χ3v) is 4.66.